The molecule has 2 fully saturated rings. The Hall–Kier alpha value is -3.27. The van der Waals surface area contributed by atoms with Crippen molar-refractivity contribution in [2.24, 2.45) is 23.7 Å². The van der Waals surface area contributed by atoms with Crippen LogP contribution < -0.4 is 4.90 Å². The molecule has 3 aliphatic rings. The fraction of sp³-hybridized carbons (Fsp3) is 0.208. The molecule has 2 aromatic carbocycles. The van der Waals surface area contributed by atoms with Crippen molar-refractivity contribution in [2.75, 3.05) is 4.90 Å². The number of ketones is 1. The van der Waals surface area contributed by atoms with E-state index in [4.69, 9.17) is 0 Å². The zero-order valence-corrected chi connectivity index (χ0v) is 15.2. The van der Waals surface area contributed by atoms with Gasteiger partial charge in [0.15, 0.2) is 5.78 Å². The number of amides is 2. The molecular formula is C24H19NO3. The van der Waals surface area contributed by atoms with Gasteiger partial charge in [-0.3, -0.25) is 14.4 Å². The van der Waals surface area contributed by atoms with E-state index in [2.05, 4.69) is 12.2 Å². The van der Waals surface area contributed by atoms with Crippen LogP contribution in [0.2, 0.25) is 0 Å². The van der Waals surface area contributed by atoms with Crippen LogP contribution in [0, 0.1) is 23.7 Å². The molecule has 1 aliphatic heterocycles. The first kappa shape index (κ1) is 16.9. The van der Waals surface area contributed by atoms with Crippen LogP contribution in [0.1, 0.15) is 22.3 Å². The summed E-state index contributed by atoms with van der Waals surface area (Å²) in [4.78, 5) is 39.8. The topological polar surface area (TPSA) is 54.5 Å². The third kappa shape index (κ3) is 2.56. The van der Waals surface area contributed by atoms with Crippen molar-refractivity contribution in [3.05, 3.63) is 84.0 Å². The molecule has 4 nitrogen and oxygen atoms in total. The lowest BCUT2D eigenvalue weighted by Gasteiger charge is -2.17. The second kappa shape index (κ2) is 6.41. The maximum absolute atomic E-state index is 13.0. The van der Waals surface area contributed by atoms with Gasteiger partial charge in [-0.2, -0.15) is 0 Å². The quantitative estimate of drug-likeness (QED) is 0.356. The van der Waals surface area contributed by atoms with Gasteiger partial charge in [-0.25, -0.2) is 4.90 Å². The first-order chi connectivity index (χ1) is 13.6. The largest absolute Gasteiger partial charge is 0.289 e. The minimum atomic E-state index is -0.236. The molecular weight excluding hydrogens is 350 g/mol. The Kier molecular flexibility index (Phi) is 3.86. The first-order valence-corrected chi connectivity index (χ1v) is 9.57. The summed E-state index contributed by atoms with van der Waals surface area (Å²) in [6.07, 6.45) is 8.34. The number of carbonyl (C=O) groups is 3. The highest BCUT2D eigenvalue weighted by Crippen LogP contribution is 2.53. The zero-order chi connectivity index (χ0) is 19.3. The molecule has 1 saturated carbocycles. The number of hydrogen-bond acceptors (Lipinski definition) is 3. The van der Waals surface area contributed by atoms with Crippen molar-refractivity contribution in [1.82, 2.24) is 0 Å². The molecule has 1 saturated heterocycles. The summed E-state index contributed by atoms with van der Waals surface area (Å²) in [5.74, 6) is -0.538. The Balaban J connectivity index is 1.41. The molecule has 5 rings (SSSR count). The molecule has 28 heavy (non-hydrogen) atoms. The van der Waals surface area contributed by atoms with Crippen molar-refractivity contribution in [3.8, 4) is 0 Å². The molecule has 0 unspecified atom stereocenters. The van der Waals surface area contributed by atoms with Gasteiger partial charge in [-0.05, 0) is 42.0 Å². The number of fused-ring (bicyclic) bond motifs is 5. The number of carbonyl (C=O) groups excluding carboxylic acids is 3. The van der Waals surface area contributed by atoms with Crippen LogP contribution in [0.4, 0.5) is 5.69 Å². The third-order valence-corrected chi connectivity index (χ3v) is 6.09. The highest BCUT2D eigenvalue weighted by molar-refractivity contribution is 6.23. The fourth-order valence-corrected chi connectivity index (χ4v) is 4.79. The number of hydrogen-bond donors (Lipinski definition) is 0. The summed E-state index contributed by atoms with van der Waals surface area (Å²) < 4.78 is 0. The minimum absolute atomic E-state index is 0.128. The number of imide groups is 1. The SMILES string of the molecule is O=C(/C=C/c1ccccc1)c1cccc(N2C(=O)[C@@H]3[C@@H](C2=O)[C@H]2C=C[C@H]3C2)c1. The van der Waals surface area contributed by atoms with E-state index in [9.17, 15) is 14.4 Å². The Morgan fingerprint density at radius 3 is 2.25 bits per heavy atom. The molecule has 4 heteroatoms. The average Bonchev–Trinajstić information content (AvgIpc) is 3.41. The van der Waals surface area contributed by atoms with Crippen LogP contribution in [0.25, 0.3) is 6.08 Å². The third-order valence-electron chi connectivity index (χ3n) is 6.09. The molecule has 2 aromatic rings. The highest BCUT2D eigenvalue weighted by Gasteiger charge is 2.59. The van der Waals surface area contributed by atoms with E-state index in [0.717, 1.165) is 12.0 Å². The molecule has 138 valence electrons. The minimum Gasteiger partial charge on any atom is -0.289 e. The lowest BCUT2D eigenvalue weighted by Crippen LogP contribution is -2.32. The van der Waals surface area contributed by atoms with E-state index in [1.165, 1.54) is 11.0 Å². The Labute approximate surface area is 163 Å². The molecule has 2 bridgehead atoms. The summed E-state index contributed by atoms with van der Waals surface area (Å²) in [6.45, 7) is 0. The van der Waals surface area contributed by atoms with Crippen molar-refractivity contribution in [3.63, 3.8) is 0 Å². The standard InChI is InChI=1S/C24H19NO3/c26-20(12-9-15-5-2-1-3-6-15)16-7-4-8-19(14-16)25-23(27)21-17-10-11-18(13-17)22(21)24(25)28/h1-12,14,17-18,21-22H,13H2/b12-9+/t17-,18-,21-,22-/m0/s1. The van der Waals surface area contributed by atoms with Gasteiger partial charge in [-0.15, -0.1) is 0 Å². The summed E-state index contributed by atoms with van der Waals surface area (Å²) >= 11 is 0. The second-order valence-corrected chi connectivity index (χ2v) is 7.67. The van der Waals surface area contributed by atoms with Crippen molar-refractivity contribution in [1.29, 1.82) is 0 Å². The fourth-order valence-electron chi connectivity index (χ4n) is 4.79. The predicted octanol–water partition coefficient (Wildman–Crippen LogP) is 3.89. The number of allylic oxidation sites excluding steroid dienone is 3. The van der Waals surface area contributed by atoms with Crippen LogP contribution in [-0.4, -0.2) is 17.6 Å². The maximum atomic E-state index is 13.0. The first-order valence-electron chi connectivity index (χ1n) is 9.57. The second-order valence-electron chi connectivity index (χ2n) is 7.67. The number of anilines is 1. The average molecular weight is 369 g/mol. The number of benzene rings is 2. The van der Waals surface area contributed by atoms with E-state index < -0.39 is 0 Å². The Morgan fingerprint density at radius 2 is 1.57 bits per heavy atom. The normalized spacial score (nSPS) is 27.8. The van der Waals surface area contributed by atoms with E-state index in [-0.39, 0.29) is 41.3 Å². The molecule has 1 heterocycles. The molecule has 0 aromatic heterocycles. The summed E-state index contributed by atoms with van der Waals surface area (Å²) in [5, 5.41) is 0. The van der Waals surface area contributed by atoms with Crippen LogP contribution >= 0.6 is 0 Å². The molecule has 0 N–H and O–H groups in total. The monoisotopic (exact) mass is 369 g/mol. The lowest BCUT2D eigenvalue weighted by molar-refractivity contribution is -0.123. The van der Waals surface area contributed by atoms with Crippen molar-refractivity contribution >= 4 is 29.4 Å². The predicted molar refractivity (Wildman–Crippen MR) is 106 cm³/mol. The van der Waals surface area contributed by atoms with Gasteiger partial charge in [-0.1, -0.05) is 60.7 Å². The number of nitrogens with zero attached hydrogens (tertiary/aromatic N) is 1. The van der Waals surface area contributed by atoms with Gasteiger partial charge >= 0.3 is 0 Å². The lowest BCUT2D eigenvalue weighted by atomic mass is 9.85. The van der Waals surface area contributed by atoms with E-state index in [1.807, 2.05) is 30.3 Å². The van der Waals surface area contributed by atoms with Crippen LogP contribution in [-0.2, 0) is 9.59 Å². The summed E-state index contributed by atoms with van der Waals surface area (Å²) in [6, 6.07) is 16.4. The summed E-state index contributed by atoms with van der Waals surface area (Å²) in [5.41, 5.74) is 1.89. The molecule has 0 spiro atoms. The molecule has 2 aliphatic carbocycles. The van der Waals surface area contributed by atoms with Gasteiger partial charge in [0.05, 0.1) is 17.5 Å². The highest BCUT2D eigenvalue weighted by atomic mass is 16.2. The van der Waals surface area contributed by atoms with Gasteiger partial charge < -0.3 is 0 Å². The molecule has 4 atom stereocenters. The van der Waals surface area contributed by atoms with Crippen LogP contribution in [0.5, 0.6) is 0 Å². The zero-order valence-electron chi connectivity index (χ0n) is 15.2. The van der Waals surface area contributed by atoms with Gasteiger partial charge in [0.25, 0.3) is 0 Å². The van der Waals surface area contributed by atoms with Crippen LogP contribution in [0.3, 0.4) is 0 Å². The van der Waals surface area contributed by atoms with E-state index >= 15 is 0 Å². The number of rotatable bonds is 4. The van der Waals surface area contributed by atoms with Crippen molar-refractivity contribution in [2.45, 2.75) is 6.42 Å². The summed E-state index contributed by atoms with van der Waals surface area (Å²) in [7, 11) is 0. The van der Waals surface area contributed by atoms with Gasteiger partial charge in [0.1, 0.15) is 0 Å². The van der Waals surface area contributed by atoms with E-state index in [1.54, 1.807) is 30.3 Å². The van der Waals surface area contributed by atoms with E-state index in [0.29, 0.717) is 11.3 Å². The Bertz CT molecular complexity index is 1010. The maximum Gasteiger partial charge on any atom is 0.238 e. The molecule has 0 radical (unpaired) electrons. The van der Waals surface area contributed by atoms with Gasteiger partial charge in [0, 0.05) is 5.56 Å². The van der Waals surface area contributed by atoms with Crippen LogP contribution in [0.15, 0.2) is 72.8 Å². The Morgan fingerprint density at radius 1 is 0.893 bits per heavy atom. The molecule has 2 amide bonds. The smallest absolute Gasteiger partial charge is 0.238 e. The van der Waals surface area contributed by atoms with Crippen molar-refractivity contribution < 1.29 is 14.4 Å². The van der Waals surface area contributed by atoms with Gasteiger partial charge in [0.2, 0.25) is 11.8 Å².